The molecule has 2 aromatic carbocycles. The van der Waals surface area contributed by atoms with Gasteiger partial charge in [0.25, 0.3) is 0 Å². The Balaban J connectivity index is 1.58. The summed E-state index contributed by atoms with van der Waals surface area (Å²) in [5, 5.41) is 7.61. The number of ether oxygens (including phenoxy) is 1. The Morgan fingerprint density at radius 1 is 1.26 bits per heavy atom. The van der Waals surface area contributed by atoms with Crippen LogP contribution in [-0.4, -0.2) is 19.6 Å². The fourth-order valence-electron chi connectivity index (χ4n) is 2.71. The van der Waals surface area contributed by atoms with Crippen molar-refractivity contribution in [1.82, 2.24) is 10.6 Å². The number of benzene rings is 2. The highest BCUT2D eigenvalue weighted by Crippen LogP contribution is 2.32. The molecule has 0 aliphatic carbocycles. The topological polar surface area (TPSA) is 33.3 Å². The number of halogens is 2. The highest BCUT2D eigenvalue weighted by atomic mass is 79.9. The third-order valence-corrected chi connectivity index (χ3v) is 4.80. The van der Waals surface area contributed by atoms with Gasteiger partial charge in [-0.25, -0.2) is 0 Å². The fourth-order valence-corrected chi connectivity index (χ4v) is 3.48. The van der Waals surface area contributed by atoms with Crippen LogP contribution in [0, 0.1) is 5.92 Å². The van der Waals surface area contributed by atoms with E-state index < -0.39 is 0 Å². The van der Waals surface area contributed by atoms with Crippen molar-refractivity contribution in [3.05, 3.63) is 57.5 Å². The predicted octanol–water partition coefficient (Wildman–Crippen LogP) is 4.59. The van der Waals surface area contributed by atoms with Gasteiger partial charge in [-0.05, 0) is 83.8 Å². The first-order valence-electron chi connectivity index (χ1n) is 7.84. The summed E-state index contributed by atoms with van der Waals surface area (Å²) in [6.07, 6.45) is 1.26. The normalized spacial score (nSPS) is 17.4. The molecule has 1 atom stereocenters. The average molecular weight is 396 g/mol. The Morgan fingerprint density at radius 2 is 2.17 bits per heavy atom. The van der Waals surface area contributed by atoms with Crippen LogP contribution in [0.3, 0.4) is 0 Å². The lowest BCUT2D eigenvalue weighted by Gasteiger charge is -2.12. The Kier molecular flexibility index (Phi) is 5.95. The third kappa shape index (κ3) is 4.95. The molecule has 1 heterocycles. The second-order valence-corrected chi connectivity index (χ2v) is 7.10. The van der Waals surface area contributed by atoms with E-state index in [0.29, 0.717) is 5.02 Å². The molecule has 1 fully saturated rings. The van der Waals surface area contributed by atoms with Crippen molar-refractivity contribution < 1.29 is 4.74 Å². The van der Waals surface area contributed by atoms with Gasteiger partial charge < -0.3 is 15.4 Å². The summed E-state index contributed by atoms with van der Waals surface area (Å²) >= 11 is 9.43. The molecule has 122 valence electrons. The standard InChI is InChI=1S/C18H20BrClN2O/c19-17-9-15(20)4-5-18(17)23-16-3-1-2-13(8-16)10-22-12-14-6-7-21-11-14/h1-5,8-9,14,21-22H,6-7,10-12H2. The predicted molar refractivity (Wildman–Crippen MR) is 98.4 cm³/mol. The molecule has 2 aromatic rings. The minimum Gasteiger partial charge on any atom is -0.456 e. The molecule has 0 radical (unpaired) electrons. The second-order valence-electron chi connectivity index (χ2n) is 5.81. The van der Waals surface area contributed by atoms with E-state index in [1.807, 2.05) is 30.3 Å². The van der Waals surface area contributed by atoms with E-state index in [9.17, 15) is 0 Å². The minimum absolute atomic E-state index is 0.684. The maximum atomic E-state index is 5.96. The molecule has 23 heavy (non-hydrogen) atoms. The van der Waals surface area contributed by atoms with Crippen molar-refractivity contribution in [3.63, 3.8) is 0 Å². The highest BCUT2D eigenvalue weighted by Gasteiger charge is 2.13. The van der Waals surface area contributed by atoms with Crippen molar-refractivity contribution in [2.45, 2.75) is 13.0 Å². The summed E-state index contributed by atoms with van der Waals surface area (Å²) in [4.78, 5) is 0. The average Bonchev–Trinajstić information content (AvgIpc) is 3.04. The number of hydrogen-bond donors (Lipinski definition) is 2. The van der Waals surface area contributed by atoms with Crippen LogP contribution in [-0.2, 0) is 6.54 Å². The molecule has 0 bridgehead atoms. The van der Waals surface area contributed by atoms with E-state index in [4.69, 9.17) is 16.3 Å². The molecule has 1 saturated heterocycles. The highest BCUT2D eigenvalue weighted by molar-refractivity contribution is 9.10. The lowest BCUT2D eigenvalue weighted by Crippen LogP contribution is -2.24. The van der Waals surface area contributed by atoms with Crippen LogP contribution >= 0.6 is 27.5 Å². The van der Waals surface area contributed by atoms with Crippen molar-refractivity contribution in [2.24, 2.45) is 5.92 Å². The molecule has 3 nitrogen and oxygen atoms in total. The van der Waals surface area contributed by atoms with Crippen LogP contribution < -0.4 is 15.4 Å². The zero-order chi connectivity index (χ0) is 16.1. The first-order valence-corrected chi connectivity index (χ1v) is 9.01. The van der Waals surface area contributed by atoms with Crippen molar-refractivity contribution in [3.8, 4) is 11.5 Å². The maximum absolute atomic E-state index is 5.96. The fraction of sp³-hybridized carbons (Fsp3) is 0.333. The van der Waals surface area contributed by atoms with Crippen LogP contribution in [0.25, 0.3) is 0 Å². The number of nitrogens with one attached hydrogen (secondary N) is 2. The summed E-state index contributed by atoms with van der Waals surface area (Å²) in [6, 6.07) is 13.7. The van der Waals surface area contributed by atoms with Gasteiger partial charge in [-0.1, -0.05) is 23.7 Å². The molecule has 3 rings (SSSR count). The van der Waals surface area contributed by atoms with E-state index in [2.05, 4.69) is 38.7 Å². The lowest BCUT2D eigenvalue weighted by atomic mass is 10.1. The van der Waals surface area contributed by atoms with Crippen molar-refractivity contribution in [1.29, 1.82) is 0 Å². The maximum Gasteiger partial charge on any atom is 0.141 e. The van der Waals surface area contributed by atoms with Gasteiger partial charge in [-0.15, -0.1) is 0 Å². The van der Waals surface area contributed by atoms with Gasteiger partial charge in [0.2, 0.25) is 0 Å². The van der Waals surface area contributed by atoms with Gasteiger partial charge in [0.1, 0.15) is 11.5 Å². The molecule has 1 aliphatic rings. The summed E-state index contributed by atoms with van der Waals surface area (Å²) in [7, 11) is 0. The van der Waals surface area contributed by atoms with Gasteiger partial charge in [0.05, 0.1) is 4.47 Å². The van der Waals surface area contributed by atoms with Gasteiger partial charge in [-0.2, -0.15) is 0 Å². The second kappa shape index (κ2) is 8.15. The Morgan fingerprint density at radius 3 is 2.96 bits per heavy atom. The summed E-state index contributed by atoms with van der Waals surface area (Å²) in [6.45, 7) is 4.18. The zero-order valence-corrected chi connectivity index (χ0v) is 15.2. The van der Waals surface area contributed by atoms with Crippen molar-refractivity contribution in [2.75, 3.05) is 19.6 Å². The van der Waals surface area contributed by atoms with Gasteiger partial charge in [0, 0.05) is 11.6 Å². The molecule has 1 aliphatic heterocycles. The summed E-state index contributed by atoms with van der Waals surface area (Å²) in [5.74, 6) is 2.34. The van der Waals surface area contributed by atoms with E-state index in [-0.39, 0.29) is 0 Å². The molecule has 0 amide bonds. The molecular formula is C18H20BrClN2O. The van der Waals surface area contributed by atoms with Gasteiger partial charge in [-0.3, -0.25) is 0 Å². The van der Waals surface area contributed by atoms with Crippen LogP contribution in [0.1, 0.15) is 12.0 Å². The van der Waals surface area contributed by atoms with Gasteiger partial charge in [0.15, 0.2) is 0 Å². The largest absolute Gasteiger partial charge is 0.456 e. The lowest BCUT2D eigenvalue weighted by molar-refractivity contribution is 0.477. The smallest absolute Gasteiger partial charge is 0.141 e. The molecule has 0 saturated carbocycles. The van der Waals surface area contributed by atoms with Crippen LogP contribution in [0.2, 0.25) is 5.02 Å². The molecule has 5 heteroatoms. The zero-order valence-electron chi connectivity index (χ0n) is 12.8. The summed E-state index contributed by atoms with van der Waals surface area (Å²) < 4.78 is 6.79. The number of rotatable bonds is 6. The molecule has 0 spiro atoms. The Bertz CT molecular complexity index is 659. The van der Waals surface area contributed by atoms with E-state index in [1.54, 1.807) is 0 Å². The molecule has 1 unspecified atom stereocenters. The molecular weight excluding hydrogens is 376 g/mol. The Hall–Kier alpha value is -1.07. The first-order chi connectivity index (χ1) is 11.2. The van der Waals surface area contributed by atoms with E-state index in [0.717, 1.165) is 48.1 Å². The van der Waals surface area contributed by atoms with Crippen LogP contribution in [0.5, 0.6) is 11.5 Å². The SMILES string of the molecule is Clc1ccc(Oc2cccc(CNCC3CCNC3)c2)c(Br)c1. The van der Waals surface area contributed by atoms with E-state index >= 15 is 0 Å². The summed E-state index contributed by atoms with van der Waals surface area (Å²) in [5.41, 5.74) is 1.22. The minimum atomic E-state index is 0.684. The van der Waals surface area contributed by atoms with Gasteiger partial charge >= 0.3 is 0 Å². The molecule has 0 aromatic heterocycles. The first kappa shape index (κ1) is 16.8. The van der Waals surface area contributed by atoms with Crippen LogP contribution in [0.15, 0.2) is 46.9 Å². The van der Waals surface area contributed by atoms with E-state index in [1.165, 1.54) is 12.0 Å². The molecule has 2 N–H and O–H groups in total. The quantitative estimate of drug-likeness (QED) is 0.750. The number of hydrogen-bond acceptors (Lipinski definition) is 3. The van der Waals surface area contributed by atoms with Crippen LogP contribution in [0.4, 0.5) is 0 Å². The third-order valence-electron chi connectivity index (χ3n) is 3.94. The Labute approximate surface area is 150 Å². The monoisotopic (exact) mass is 394 g/mol. The van der Waals surface area contributed by atoms with Crippen molar-refractivity contribution >= 4 is 27.5 Å².